The number of carbonyl (C=O) groups is 3. The van der Waals surface area contributed by atoms with Crippen molar-refractivity contribution in [2.75, 3.05) is 5.32 Å². The number of fused-ring (bicyclic) bond motifs is 1. The predicted molar refractivity (Wildman–Crippen MR) is 121 cm³/mol. The van der Waals surface area contributed by atoms with Crippen LogP contribution in [-0.4, -0.2) is 28.6 Å². The van der Waals surface area contributed by atoms with Gasteiger partial charge in [-0.3, -0.25) is 14.4 Å². The Kier molecular flexibility index (Phi) is 5.89. The van der Waals surface area contributed by atoms with Crippen LogP contribution < -0.4 is 10.6 Å². The van der Waals surface area contributed by atoms with Crippen LogP contribution >= 0.6 is 0 Å². The molecule has 156 valence electrons. The van der Waals surface area contributed by atoms with Gasteiger partial charge in [-0.05, 0) is 48.6 Å². The van der Waals surface area contributed by atoms with Gasteiger partial charge in [0.05, 0.1) is 5.69 Å². The van der Waals surface area contributed by atoms with Gasteiger partial charge in [-0.1, -0.05) is 36.9 Å². The van der Waals surface area contributed by atoms with Gasteiger partial charge in [0, 0.05) is 35.5 Å². The van der Waals surface area contributed by atoms with E-state index in [0.717, 1.165) is 16.3 Å². The van der Waals surface area contributed by atoms with Gasteiger partial charge < -0.3 is 10.6 Å². The van der Waals surface area contributed by atoms with Gasteiger partial charge in [-0.15, -0.1) is 0 Å². The molecular weight excluding hydrogens is 390 g/mol. The number of anilines is 1. The van der Waals surface area contributed by atoms with Crippen LogP contribution in [0.4, 0.5) is 5.69 Å². The molecule has 1 saturated carbocycles. The Morgan fingerprint density at radius 2 is 1.81 bits per heavy atom. The Labute approximate surface area is 180 Å². The fourth-order valence-corrected chi connectivity index (χ4v) is 3.79. The summed E-state index contributed by atoms with van der Waals surface area (Å²) in [6.45, 7) is 3.50. The van der Waals surface area contributed by atoms with E-state index in [1.165, 1.54) is 6.08 Å². The molecule has 6 heteroatoms. The van der Waals surface area contributed by atoms with Gasteiger partial charge >= 0.3 is 0 Å². The highest BCUT2D eigenvalue weighted by Gasteiger charge is 2.21. The summed E-state index contributed by atoms with van der Waals surface area (Å²) in [5.41, 5.74) is 2.52. The summed E-state index contributed by atoms with van der Waals surface area (Å²) in [6, 6.07) is 16.9. The van der Waals surface area contributed by atoms with Crippen LogP contribution in [0, 0.1) is 0 Å². The number of hydrogen-bond acceptors (Lipinski definition) is 4. The van der Waals surface area contributed by atoms with Gasteiger partial charge in [0.25, 0.3) is 5.91 Å². The summed E-state index contributed by atoms with van der Waals surface area (Å²) in [5, 5.41) is 7.67. The summed E-state index contributed by atoms with van der Waals surface area (Å²) >= 11 is 0. The lowest BCUT2D eigenvalue weighted by molar-refractivity contribution is -0.120. The lowest BCUT2D eigenvalue weighted by Crippen LogP contribution is -2.38. The van der Waals surface area contributed by atoms with Crippen molar-refractivity contribution in [3.05, 3.63) is 72.9 Å². The number of amides is 2. The maximum atomic E-state index is 12.7. The molecule has 31 heavy (non-hydrogen) atoms. The second-order valence-corrected chi connectivity index (χ2v) is 7.63. The lowest BCUT2D eigenvalue weighted by Gasteiger charge is -2.22. The third-order valence-electron chi connectivity index (χ3n) is 5.48. The number of rotatable bonds is 5. The van der Waals surface area contributed by atoms with E-state index in [2.05, 4.69) is 22.2 Å². The first-order valence-electron chi connectivity index (χ1n) is 10.3. The highest BCUT2D eigenvalue weighted by atomic mass is 16.2. The maximum Gasteiger partial charge on any atom is 0.270 e. The van der Waals surface area contributed by atoms with Crippen molar-refractivity contribution < 1.29 is 14.4 Å². The summed E-state index contributed by atoms with van der Waals surface area (Å²) in [5.74, 6) is -0.259. The zero-order chi connectivity index (χ0) is 21.8. The molecule has 0 radical (unpaired) electrons. The number of pyridine rings is 1. The van der Waals surface area contributed by atoms with Crippen LogP contribution in [0.3, 0.4) is 0 Å². The fourth-order valence-electron chi connectivity index (χ4n) is 3.79. The first kappa shape index (κ1) is 20.5. The normalized spacial score (nSPS) is 14.3. The Bertz CT molecular complexity index is 1180. The van der Waals surface area contributed by atoms with E-state index >= 15 is 0 Å². The van der Waals surface area contributed by atoms with Gasteiger partial charge in [-0.2, -0.15) is 0 Å². The molecule has 3 aromatic rings. The highest BCUT2D eigenvalue weighted by Crippen LogP contribution is 2.29. The van der Waals surface area contributed by atoms with Crippen molar-refractivity contribution in [2.24, 2.45) is 0 Å². The summed E-state index contributed by atoms with van der Waals surface area (Å²) in [4.78, 5) is 40.4. The molecule has 0 atom stereocenters. The maximum absolute atomic E-state index is 12.7. The van der Waals surface area contributed by atoms with Gasteiger partial charge in [0.15, 0.2) is 0 Å². The van der Waals surface area contributed by atoms with Crippen molar-refractivity contribution in [2.45, 2.75) is 31.7 Å². The molecule has 1 aliphatic rings. The summed E-state index contributed by atoms with van der Waals surface area (Å²) in [6.07, 6.45) is 3.61. The standard InChI is InChI=1S/C25H23N3O3/c1-2-24(30)28-22-7-3-5-16-9-10-17(15-20(16)22)21-6-4-8-23(27-21)25(31)26-18-11-13-19(29)14-12-18/h2-10,15,18H,1,11-14H2,(H,26,31)(H,28,30). The highest BCUT2D eigenvalue weighted by molar-refractivity contribution is 6.06. The number of hydrogen-bond donors (Lipinski definition) is 2. The first-order chi connectivity index (χ1) is 15.0. The Balaban J connectivity index is 1.60. The van der Waals surface area contributed by atoms with E-state index in [-0.39, 0.29) is 23.6 Å². The zero-order valence-electron chi connectivity index (χ0n) is 17.1. The van der Waals surface area contributed by atoms with Crippen LogP contribution in [0.25, 0.3) is 22.0 Å². The molecule has 1 fully saturated rings. The molecule has 2 amide bonds. The number of Topliss-reactive ketones (excluding diaryl/α,β-unsaturated/α-hetero) is 1. The summed E-state index contributed by atoms with van der Waals surface area (Å²) in [7, 11) is 0. The molecule has 2 N–H and O–H groups in total. The predicted octanol–water partition coefficient (Wildman–Crippen LogP) is 4.27. The molecule has 0 aliphatic heterocycles. The van der Waals surface area contributed by atoms with E-state index in [4.69, 9.17) is 0 Å². The molecule has 4 rings (SSSR count). The molecule has 2 aromatic carbocycles. The minimum absolute atomic E-state index is 0.00681. The van der Waals surface area contributed by atoms with Crippen molar-refractivity contribution in [1.82, 2.24) is 10.3 Å². The van der Waals surface area contributed by atoms with Crippen molar-refractivity contribution >= 4 is 34.1 Å². The number of carbonyl (C=O) groups excluding carboxylic acids is 3. The summed E-state index contributed by atoms with van der Waals surface area (Å²) < 4.78 is 0. The van der Waals surface area contributed by atoms with E-state index in [1.54, 1.807) is 12.1 Å². The van der Waals surface area contributed by atoms with Gasteiger partial charge in [-0.25, -0.2) is 4.98 Å². The average Bonchev–Trinajstić information content (AvgIpc) is 2.80. The zero-order valence-corrected chi connectivity index (χ0v) is 17.1. The van der Waals surface area contributed by atoms with E-state index in [9.17, 15) is 14.4 Å². The fraction of sp³-hybridized carbons (Fsp3) is 0.200. The Morgan fingerprint density at radius 3 is 2.58 bits per heavy atom. The molecule has 0 spiro atoms. The monoisotopic (exact) mass is 413 g/mol. The van der Waals surface area contributed by atoms with Crippen molar-refractivity contribution in [1.29, 1.82) is 0 Å². The minimum atomic E-state index is -0.279. The largest absolute Gasteiger partial charge is 0.348 e. The SMILES string of the molecule is C=CC(=O)Nc1cccc2ccc(-c3cccc(C(=O)NC4CCC(=O)CC4)n3)cc12. The van der Waals surface area contributed by atoms with Crippen molar-refractivity contribution in [3.63, 3.8) is 0 Å². The number of ketones is 1. The number of nitrogens with one attached hydrogen (secondary N) is 2. The van der Waals surface area contributed by atoms with Crippen molar-refractivity contribution in [3.8, 4) is 11.3 Å². The number of benzene rings is 2. The minimum Gasteiger partial charge on any atom is -0.348 e. The second kappa shape index (κ2) is 8.92. The van der Waals surface area contributed by atoms with Crippen LogP contribution in [0.15, 0.2) is 67.3 Å². The molecular formula is C25H23N3O3. The molecule has 1 aromatic heterocycles. The van der Waals surface area contributed by atoms with Gasteiger partial charge in [0.1, 0.15) is 11.5 Å². The van der Waals surface area contributed by atoms with Crippen LogP contribution in [0.1, 0.15) is 36.2 Å². The average molecular weight is 413 g/mol. The van der Waals surface area contributed by atoms with E-state index < -0.39 is 0 Å². The van der Waals surface area contributed by atoms with Crippen LogP contribution in [-0.2, 0) is 9.59 Å². The van der Waals surface area contributed by atoms with E-state index in [1.807, 2.05) is 42.5 Å². The van der Waals surface area contributed by atoms with Gasteiger partial charge in [0.2, 0.25) is 5.91 Å². The number of nitrogens with zero attached hydrogens (tertiary/aromatic N) is 1. The molecule has 0 unspecified atom stereocenters. The third-order valence-corrected chi connectivity index (χ3v) is 5.48. The lowest BCUT2D eigenvalue weighted by atomic mass is 9.94. The molecule has 1 aliphatic carbocycles. The quantitative estimate of drug-likeness (QED) is 0.612. The Morgan fingerprint density at radius 1 is 1.03 bits per heavy atom. The smallest absolute Gasteiger partial charge is 0.270 e. The van der Waals surface area contributed by atoms with E-state index in [0.29, 0.717) is 42.8 Å². The van der Waals surface area contributed by atoms with Crippen LogP contribution in [0.5, 0.6) is 0 Å². The molecule has 6 nitrogen and oxygen atoms in total. The Hall–Kier alpha value is -3.80. The molecule has 0 bridgehead atoms. The van der Waals surface area contributed by atoms with Crippen LogP contribution in [0.2, 0.25) is 0 Å². The molecule has 1 heterocycles. The topological polar surface area (TPSA) is 88.2 Å². The third kappa shape index (κ3) is 4.69. The first-order valence-corrected chi connectivity index (χ1v) is 10.3. The molecule has 0 saturated heterocycles. The second-order valence-electron chi connectivity index (χ2n) is 7.63. The number of aromatic nitrogens is 1.